The second-order valence-corrected chi connectivity index (χ2v) is 5.11. The summed E-state index contributed by atoms with van der Waals surface area (Å²) in [5.41, 5.74) is 5.42. The molecule has 0 spiro atoms. The van der Waals surface area contributed by atoms with E-state index in [1.807, 2.05) is 0 Å². The van der Waals surface area contributed by atoms with Gasteiger partial charge in [0.1, 0.15) is 6.04 Å². The van der Waals surface area contributed by atoms with Gasteiger partial charge < -0.3 is 21.6 Å². The fraction of sp³-hybridized carbons (Fsp3) is 0.800. The molecule has 1 aliphatic carbocycles. The number of nitrogens with two attached hydrogens (primary N) is 1. The normalized spacial score (nSPS) is 19.1. The summed E-state index contributed by atoms with van der Waals surface area (Å²) in [7, 11) is 0. The van der Waals surface area contributed by atoms with Crippen molar-refractivity contribution in [3.05, 3.63) is 0 Å². The Hall–Kier alpha value is -0.590. The van der Waals surface area contributed by atoms with E-state index < -0.39 is 12.0 Å². The van der Waals surface area contributed by atoms with Gasteiger partial charge in [-0.05, 0) is 18.8 Å². The number of thioether (sulfide) groups is 1. The van der Waals surface area contributed by atoms with Crippen LogP contribution in [0.5, 0.6) is 0 Å². The molecule has 0 aliphatic heterocycles. The first-order chi connectivity index (χ1) is 7.65. The minimum atomic E-state index is -0.942. The van der Waals surface area contributed by atoms with Crippen molar-refractivity contribution in [2.24, 2.45) is 11.7 Å². The molecule has 92 valence electrons. The summed E-state index contributed by atoms with van der Waals surface area (Å²) in [4.78, 5) is 10.5. The van der Waals surface area contributed by atoms with Crippen molar-refractivity contribution in [3.63, 3.8) is 0 Å². The Morgan fingerprint density at radius 2 is 2.31 bits per heavy atom. The molecular weight excluding hydrogens is 226 g/mol. The van der Waals surface area contributed by atoms with Crippen LogP contribution >= 0.6 is 11.8 Å². The number of carbonyl (C=O) groups is 1. The molecule has 1 fully saturated rings. The average Bonchev–Trinajstić information content (AvgIpc) is 3.06. The molecular formula is C10H19N3O2S. The molecule has 6 heteroatoms. The van der Waals surface area contributed by atoms with Crippen LogP contribution in [0, 0.1) is 11.3 Å². The quantitative estimate of drug-likeness (QED) is 0.433. The second kappa shape index (κ2) is 6.88. The highest BCUT2D eigenvalue weighted by molar-refractivity contribution is 7.99. The summed E-state index contributed by atoms with van der Waals surface area (Å²) in [5, 5.41) is 18.9. The minimum Gasteiger partial charge on any atom is -0.480 e. The van der Waals surface area contributed by atoms with Gasteiger partial charge in [-0.3, -0.25) is 4.79 Å². The predicted octanol–water partition coefficient (Wildman–Crippen LogP) is 0.149. The van der Waals surface area contributed by atoms with E-state index in [2.05, 4.69) is 5.32 Å². The highest BCUT2D eigenvalue weighted by Crippen LogP contribution is 2.33. The molecule has 16 heavy (non-hydrogen) atoms. The zero-order valence-corrected chi connectivity index (χ0v) is 10.0. The molecule has 0 heterocycles. The van der Waals surface area contributed by atoms with E-state index in [0.717, 1.165) is 5.75 Å². The van der Waals surface area contributed by atoms with Crippen molar-refractivity contribution < 1.29 is 9.90 Å². The van der Waals surface area contributed by atoms with E-state index in [1.165, 1.54) is 19.1 Å². The molecule has 0 aromatic heterocycles. The molecule has 1 rings (SSSR count). The molecule has 5 N–H and O–H groups in total. The van der Waals surface area contributed by atoms with Crippen LogP contribution < -0.4 is 11.1 Å². The van der Waals surface area contributed by atoms with Crippen LogP contribution in [0.2, 0.25) is 0 Å². The lowest BCUT2D eigenvalue weighted by Crippen LogP contribution is -2.36. The molecule has 0 radical (unpaired) electrons. The molecule has 0 aromatic carbocycles. The highest BCUT2D eigenvalue weighted by atomic mass is 32.2. The first-order valence-electron chi connectivity index (χ1n) is 5.43. The number of carboxylic acid groups (broad SMARTS) is 1. The molecule has 1 unspecified atom stereocenters. The lowest BCUT2D eigenvalue weighted by Gasteiger charge is -2.17. The number of rotatable bonds is 9. The van der Waals surface area contributed by atoms with Gasteiger partial charge >= 0.3 is 5.97 Å². The number of carboxylic acids is 1. The summed E-state index contributed by atoms with van der Waals surface area (Å²) >= 11 is 1.57. The zero-order valence-electron chi connectivity index (χ0n) is 9.19. The van der Waals surface area contributed by atoms with E-state index in [1.54, 1.807) is 11.8 Å². The van der Waals surface area contributed by atoms with Crippen LogP contribution in [0.3, 0.4) is 0 Å². The molecule has 5 nitrogen and oxygen atoms in total. The zero-order chi connectivity index (χ0) is 12.0. The number of nitrogens with one attached hydrogen (secondary N) is 2. The first kappa shape index (κ1) is 13.5. The third-order valence-corrected chi connectivity index (χ3v) is 3.77. The van der Waals surface area contributed by atoms with Crippen molar-refractivity contribution in [3.8, 4) is 0 Å². The van der Waals surface area contributed by atoms with E-state index in [0.29, 0.717) is 24.3 Å². The maximum Gasteiger partial charge on any atom is 0.321 e. The molecule has 0 aromatic rings. The average molecular weight is 245 g/mol. The Morgan fingerprint density at radius 3 is 2.81 bits per heavy atom. The van der Waals surface area contributed by atoms with Gasteiger partial charge in [0.05, 0.1) is 0 Å². The monoisotopic (exact) mass is 245 g/mol. The van der Waals surface area contributed by atoms with Gasteiger partial charge in [-0.15, -0.1) is 0 Å². The van der Waals surface area contributed by atoms with Crippen LogP contribution in [0.1, 0.15) is 12.8 Å². The Labute approximate surface area is 99.7 Å². The van der Waals surface area contributed by atoms with Crippen molar-refractivity contribution in [2.75, 3.05) is 18.1 Å². The van der Waals surface area contributed by atoms with E-state index in [9.17, 15) is 4.79 Å². The van der Waals surface area contributed by atoms with Gasteiger partial charge in [0.2, 0.25) is 0 Å². The molecule has 2 atom stereocenters. The van der Waals surface area contributed by atoms with Gasteiger partial charge in [0.15, 0.2) is 0 Å². The Balaban J connectivity index is 2.16. The standard InChI is InChI=1S/C10H19N3O2S/c11-3-4-13-9(7-1-2-7)6-16-5-8(12)10(14)15/h3,7-9,11,13H,1-2,4-6,12H2,(H,14,15)/t8-,9?/m0/s1. The fourth-order valence-electron chi connectivity index (χ4n) is 1.46. The smallest absolute Gasteiger partial charge is 0.321 e. The molecule has 0 saturated heterocycles. The lowest BCUT2D eigenvalue weighted by atomic mass is 10.2. The summed E-state index contributed by atoms with van der Waals surface area (Å²) in [6, 6.07) is -0.375. The summed E-state index contributed by atoms with van der Waals surface area (Å²) < 4.78 is 0. The minimum absolute atomic E-state index is 0.396. The molecule has 1 aliphatic rings. The Kier molecular flexibility index (Phi) is 5.79. The largest absolute Gasteiger partial charge is 0.480 e. The second-order valence-electron chi connectivity index (χ2n) is 4.04. The van der Waals surface area contributed by atoms with Gasteiger partial charge in [-0.25, -0.2) is 0 Å². The lowest BCUT2D eigenvalue weighted by molar-refractivity contribution is -0.137. The molecule has 0 amide bonds. The summed E-state index contributed by atoms with van der Waals surface area (Å²) in [6.45, 7) is 0.590. The fourth-order valence-corrected chi connectivity index (χ4v) is 2.64. The Bertz CT molecular complexity index is 246. The number of hydrogen-bond acceptors (Lipinski definition) is 5. The molecule has 0 bridgehead atoms. The van der Waals surface area contributed by atoms with Crippen molar-refractivity contribution in [1.29, 1.82) is 5.41 Å². The Morgan fingerprint density at radius 1 is 1.62 bits per heavy atom. The maximum absolute atomic E-state index is 10.5. The van der Waals surface area contributed by atoms with Crippen LogP contribution in [0.25, 0.3) is 0 Å². The van der Waals surface area contributed by atoms with Gasteiger partial charge in [-0.2, -0.15) is 11.8 Å². The predicted molar refractivity (Wildman–Crippen MR) is 66.2 cm³/mol. The number of hydrogen-bond donors (Lipinski definition) is 4. The summed E-state index contributed by atoms with van der Waals surface area (Å²) in [5.74, 6) is 1.08. The third kappa shape index (κ3) is 4.96. The van der Waals surface area contributed by atoms with Crippen LogP contribution in [0.4, 0.5) is 0 Å². The van der Waals surface area contributed by atoms with E-state index in [-0.39, 0.29) is 0 Å². The van der Waals surface area contributed by atoms with Crippen LogP contribution in [-0.2, 0) is 4.79 Å². The first-order valence-corrected chi connectivity index (χ1v) is 6.59. The SMILES string of the molecule is N=CCNC(CSC[C@H](N)C(=O)O)C1CC1. The topological polar surface area (TPSA) is 99.2 Å². The molecule has 1 saturated carbocycles. The van der Waals surface area contributed by atoms with Crippen molar-refractivity contribution in [2.45, 2.75) is 24.9 Å². The van der Waals surface area contributed by atoms with Crippen molar-refractivity contribution in [1.82, 2.24) is 5.32 Å². The number of aliphatic carboxylic acids is 1. The van der Waals surface area contributed by atoms with Gasteiger partial charge in [0.25, 0.3) is 0 Å². The van der Waals surface area contributed by atoms with E-state index in [4.69, 9.17) is 16.2 Å². The highest BCUT2D eigenvalue weighted by Gasteiger charge is 2.30. The van der Waals surface area contributed by atoms with Crippen LogP contribution in [-0.4, -0.2) is 47.4 Å². The summed E-state index contributed by atoms with van der Waals surface area (Å²) in [6.07, 6.45) is 3.82. The third-order valence-electron chi connectivity index (χ3n) is 2.59. The van der Waals surface area contributed by atoms with Crippen molar-refractivity contribution >= 4 is 23.9 Å². The van der Waals surface area contributed by atoms with Crippen LogP contribution in [0.15, 0.2) is 0 Å². The van der Waals surface area contributed by atoms with Gasteiger partial charge in [0, 0.05) is 30.3 Å². The van der Waals surface area contributed by atoms with Gasteiger partial charge in [-0.1, -0.05) is 0 Å². The maximum atomic E-state index is 10.5. The van der Waals surface area contributed by atoms with E-state index >= 15 is 0 Å².